The average Bonchev–Trinajstić information content (AvgIpc) is 3.31. The summed E-state index contributed by atoms with van der Waals surface area (Å²) in [6.45, 7) is 4.87. The van der Waals surface area contributed by atoms with E-state index in [1.165, 1.54) is 193 Å². The topological polar surface area (TPSA) is 95.9 Å². The fraction of sp³-hybridized carbons (Fsp3) is 0.864. The van der Waals surface area contributed by atoms with Crippen molar-refractivity contribution in [3.63, 3.8) is 0 Å². The summed E-state index contributed by atoms with van der Waals surface area (Å²) in [4.78, 5) is 24.5. The third-order valence-electron chi connectivity index (χ3n) is 13.2. The number of ether oxygens (including phenoxy) is 1. The molecule has 0 spiro atoms. The monoisotopic (exact) mass is 914 g/mol. The van der Waals surface area contributed by atoms with Crippen molar-refractivity contribution in [3.05, 3.63) is 36.5 Å². The summed E-state index contributed by atoms with van der Waals surface area (Å²) >= 11 is 0. The van der Waals surface area contributed by atoms with E-state index in [4.69, 9.17) is 4.74 Å². The zero-order valence-corrected chi connectivity index (χ0v) is 43.5. The Labute approximate surface area is 404 Å². The predicted octanol–water partition coefficient (Wildman–Crippen LogP) is 17.6. The lowest BCUT2D eigenvalue weighted by Crippen LogP contribution is -2.45. The largest absolute Gasteiger partial charge is 0.466 e. The lowest BCUT2D eigenvalue weighted by molar-refractivity contribution is -0.143. The van der Waals surface area contributed by atoms with E-state index in [2.05, 4.69) is 43.5 Å². The molecule has 0 rings (SSSR count). The highest BCUT2D eigenvalue weighted by molar-refractivity contribution is 5.76. The summed E-state index contributed by atoms with van der Waals surface area (Å²) < 4.78 is 5.45. The van der Waals surface area contributed by atoms with E-state index in [1.54, 1.807) is 6.08 Å². The first kappa shape index (κ1) is 63.1. The SMILES string of the molecule is CCCCCCCCCCCCCCCCC/C=C/C(O)C(CO)NC(=O)CCCCCCCCC/C=C\C/C=C\CCCCCOC(=O)CCCCCCCCCCCCCCCC. The maximum absolute atomic E-state index is 12.5. The Bertz CT molecular complexity index is 1060. The van der Waals surface area contributed by atoms with E-state index >= 15 is 0 Å². The normalized spacial score (nSPS) is 12.9. The molecule has 0 saturated carbocycles. The van der Waals surface area contributed by atoms with Crippen molar-refractivity contribution >= 4 is 11.9 Å². The summed E-state index contributed by atoms with van der Waals surface area (Å²) in [6.07, 6.45) is 67.3. The number of hydrogen-bond acceptors (Lipinski definition) is 5. The molecular formula is C59H111NO5. The summed E-state index contributed by atoms with van der Waals surface area (Å²) in [7, 11) is 0. The average molecular weight is 915 g/mol. The number of rotatable bonds is 53. The molecule has 0 aromatic carbocycles. The van der Waals surface area contributed by atoms with Crippen LogP contribution in [0.25, 0.3) is 0 Å². The van der Waals surface area contributed by atoms with Crippen LogP contribution in [0.3, 0.4) is 0 Å². The van der Waals surface area contributed by atoms with Crippen molar-refractivity contribution in [2.24, 2.45) is 0 Å². The van der Waals surface area contributed by atoms with E-state index in [0.29, 0.717) is 19.4 Å². The highest BCUT2D eigenvalue weighted by atomic mass is 16.5. The van der Waals surface area contributed by atoms with Gasteiger partial charge < -0.3 is 20.3 Å². The maximum atomic E-state index is 12.5. The predicted molar refractivity (Wildman–Crippen MR) is 283 cm³/mol. The standard InChI is InChI=1S/C59H111NO5/c1-3-5-7-9-11-13-15-17-19-21-24-27-31-35-39-43-47-51-57(62)56(55-61)60-58(63)52-48-44-40-36-32-28-25-22-20-23-26-30-34-38-42-46-50-54-65-59(64)53-49-45-41-37-33-29-18-16-14-12-10-8-6-4-2/h20,23,30,34,47,51,56-57,61-62H,3-19,21-22,24-29,31-33,35-46,48-50,52-55H2,1-2H3,(H,60,63)/b23-20-,34-30-,51-47+. The number of amides is 1. The number of nitrogens with one attached hydrogen (secondary N) is 1. The second kappa shape index (κ2) is 54.7. The molecule has 1 amide bonds. The molecule has 65 heavy (non-hydrogen) atoms. The van der Waals surface area contributed by atoms with Crippen LogP contribution in [0, 0.1) is 0 Å². The first-order valence-electron chi connectivity index (χ1n) is 28.8. The first-order valence-corrected chi connectivity index (χ1v) is 28.8. The molecule has 0 fully saturated rings. The van der Waals surface area contributed by atoms with Crippen LogP contribution in [0.5, 0.6) is 0 Å². The minimum atomic E-state index is -0.855. The van der Waals surface area contributed by atoms with E-state index < -0.39 is 12.1 Å². The lowest BCUT2D eigenvalue weighted by Gasteiger charge is -2.20. The molecule has 0 aliphatic rings. The molecular weight excluding hydrogens is 803 g/mol. The molecule has 382 valence electrons. The van der Waals surface area contributed by atoms with Gasteiger partial charge in [0.05, 0.1) is 25.4 Å². The molecule has 0 aromatic rings. The van der Waals surface area contributed by atoms with Gasteiger partial charge in [0, 0.05) is 12.8 Å². The van der Waals surface area contributed by atoms with Gasteiger partial charge in [0.1, 0.15) is 0 Å². The summed E-state index contributed by atoms with van der Waals surface area (Å²) in [5, 5.41) is 23.1. The third kappa shape index (κ3) is 51.3. The van der Waals surface area contributed by atoms with Crippen molar-refractivity contribution in [2.45, 2.75) is 315 Å². The Morgan fingerprint density at radius 2 is 0.769 bits per heavy atom. The van der Waals surface area contributed by atoms with E-state index in [1.807, 2.05) is 6.08 Å². The fourth-order valence-corrected chi connectivity index (χ4v) is 8.72. The molecule has 6 nitrogen and oxygen atoms in total. The number of esters is 1. The number of hydrogen-bond donors (Lipinski definition) is 3. The van der Waals surface area contributed by atoms with Crippen molar-refractivity contribution in [3.8, 4) is 0 Å². The number of aliphatic hydroxyl groups is 2. The molecule has 0 aromatic heterocycles. The molecule has 0 radical (unpaired) electrons. The van der Waals surface area contributed by atoms with Crippen LogP contribution in [0.2, 0.25) is 0 Å². The van der Waals surface area contributed by atoms with Crippen LogP contribution in [-0.2, 0) is 14.3 Å². The van der Waals surface area contributed by atoms with Crippen LogP contribution in [-0.4, -0.2) is 47.4 Å². The van der Waals surface area contributed by atoms with Gasteiger partial charge in [-0.05, 0) is 70.6 Å². The number of aliphatic hydroxyl groups excluding tert-OH is 2. The molecule has 0 bridgehead atoms. The number of unbranched alkanes of at least 4 members (excludes halogenated alkanes) is 38. The molecule has 0 aliphatic carbocycles. The van der Waals surface area contributed by atoms with Gasteiger partial charge in [0.25, 0.3) is 0 Å². The first-order chi connectivity index (χ1) is 32.0. The van der Waals surface area contributed by atoms with Crippen LogP contribution in [0.15, 0.2) is 36.5 Å². The molecule has 2 unspecified atom stereocenters. The number of carbonyl (C=O) groups excluding carboxylic acids is 2. The van der Waals surface area contributed by atoms with Crippen LogP contribution in [0.4, 0.5) is 0 Å². The van der Waals surface area contributed by atoms with Crippen LogP contribution < -0.4 is 5.32 Å². The summed E-state index contributed by atoms with van der Waals surface area (Å²) in [5.74, 6) is -0.0972. The zero-order valence-electron chi connectivity index (χ0n) is 43.5. The molecule has 2 atom stereocenters. The second-order valence-corrected chi connectivity index (χ2v) is 19.6. The van der Waals surface area contributed by atoms with Gasteiger partial charge in [-0.25, -0.2) is 0 Å². The van der Waals surface area contributed by atoms with Gasteiger partial charge in [-0.1, -0.05) is 256 Å². The van der Waals surface area contributed by atoms with Gasteiger partial charge in [0.2, 0.25) is 5.91 Å². The van der Waals surface area contributed by atoms with Crippen molar-refractivity contribution in [1.29, 1.82) is 0 Å². The number of allylic oxidation sites excluding steroid dienone is 5. The Morgan fingerprint density at radius 1 is 0.431 bits per heavy atom. The highest BCUT2D eigenvalue weighted by Gasteiger charge is 2.18. The summed E-state index contributed by atoms with van der Waals surface area (Å²) in [5.41, 5.74) is 0. The minimum absolute atomic E-state index is 0.0143. The molecule has 0 heterocycles. The van der Waals surface area contributed by atoms with Crippen LogP contribution >= 0.6 is 0 Å². The number of carbonyl (C=O) groups is 2. The lowest BCUT2D eigenvalue weighted by atomic mass is 10.0. The molecule has 0 aliphatic heterocycles. The molecule has 3 N–H and O–H groups in total. The van der Waals surface area contributed by atoms with E-state index in [9.17, 15) is 19.8 Å². The van der Waals surface area contributed by atoms with E-state index in [-0.39, 0.29) is 18.5 Å². The van der Waals surface area contributed by atoms with Gasteiger partial charge in [0.15, 0.2) is 0 Å². The quantitative estimate of drug-likeness (QED) is 0.0321. The van der Waals surface area contributed by atoms with E-state index in [0.717, 1.165) is 83.5 Å². The smallest absolute Gasteiger partial charge is 0.305 e. The van der Waals surface area contributed by atoms with Gasteiger partial charge in [-0.2, -0.15) is 0 Å². The second-order valence-electron chi connectivity index (χ2n) is 19.6. The zero-order chi connectivity index (χ0) is 47.2. The minimum Gasteiger partial charge on any atom is -0.466 e. The Morgan fingerprint density at radius 3 is 1.17 bits per heavy atom. The van der Waals surface area contributed by atoms with Crippen LogP contribution in [0.1, 0.15) is 303 Å². The maximum Gasteiger partial charge on any atom is 0.305 e. The fourth-order valence-electron chi connectivity index (χ4n) is 8.72. The Kier molecular flexibility index (Phi) is 53.1. The summed E-state index contributed by atoms with van der Waals surface area (Å²) in [6, 6.07) is -0.640. The van der Waals surface area contributed by atoms with Gasteiger partial charge >= 0.3 is 5.97 Å². The Hall–Kier alpha value is -1.92. The van der Waals surface area contributed by atoms with Crippen molar-refractivity contribution in [1.82, 2.24) is 5.32 Å². The van der Waals surface area contributed by atoms with Crippen molar-refractivity contribution in [2.75, 3.05) is 13.2 Å². The highest BCUT2D eigenvalue weighted by Crippen LogP contribution is 2.16. The van der Waals surface area contributed by atoms with Gasteiger partial charge in [-0.15, -0.1) is 0 Å². The van der Waals surface area contributed by atoms with Gasteiger partial charge in [-0.3, -0.25) is 9.59 Å². The Balaban J connectivity index is 3.53. The van der Waals surface area contributed by atoms with Crippen molar-refractivity contribution < 1.29 is 24.5 Å². The molecule has 6 heteroatoms. The third-order valence-corrected chi connectivity index (χ3v) is 13.2. The molecule has 0 saturated heterocycles.